The smallest absolute Gasteiger partial charge is 0.148 e. The van der Waals surface area contributed by atoms with Crippen molar-refractivity contribution >= 4 is 32.5 Å². The van der Waals surface area contributed by atoms with Crippen molar-refractivity contribution in [2.75, 3.05) is 0 Å². The lowest BCUT2D eigenvalue weighted by atomic mass is 9.98. The summed E-state index contributed by atoms with van der Waals surface area (Å²) in [6.45, 7) is 0. The van der Waals surface area contributed by atoms with Crippen molar-refractivity contribution in [3.8, 4) is 0 Å². The highest BCUT2D eigenvalue weighted by atomic mass is 79.9. The molecule has 2 aliphatic heterocycles. The van der Waals surface area contributed by atoms with Crippen LogP contribution in [0.25, 0.3) is 0 Å². The van der Waals surface area contributed by atoms with E-state index in [0.29, 0.717) is 6.42 Å². The topological polar surface area (TPSA) is 34.1 Å². The molecule has 0 spiro atoms. The summed E-state index contributed by atoms with van der Waals surface area (Å²) >= 11 is 3.34. The van der Waals surface area contributed by atoms with E-state index in [-0.39, 0.29) is 21.1 Å². The van der Waals surface area contributed by atoms with Crippen LogP contribution in [-0.4, -0.2) is 25.3 Å². The maximum Gasteiger partial charge on any atom is 0.148 e. The standard InChI is InChI=1S/C8H11BrO2S/c9-8-6(10)4-5-2-1-3-7(8)12(5)11/h5,7-8H,1-4H2. The second kappa shape index (κ2) is 3.22. The van der Waals surface area contributed by atoms with Crippen LogP contribution in [0.2, 0.25) is 0 Å². The SMILES string of the molecule is O=C1CC2CCCC(C1Br)S2=O. The number of carbonyl (C=O) groups is 1. The molecule has 2 saturated heterocycles. The minimum Gasteiger partial charge on any atom is -0.298 e. The molecule has 2 nitrogen and oxygen atoms in total. The molecule has 4 heteroatoms. The maximum absolute atomic E-state index is 11.7. The first kappa shape index (κ1) is 8.88. The van der Waals surface area contributed by atoms with Crippen LogP contribution in [0.3, 0.4) is 0 Å². The van der Waals surface area contributed by atoms with E-state index >= 15 is 0 Å². The monoisotopic (exact) mass is 250 g/mol. The minimum atomic E-state index is -0.754. The van der Waals surface area contributed by atoms with Crippen molar-refractivity contribution in [3.05, 3.63) is 0 Å². The van der Waals surface area contributed by atoms with E-state index in [1.807, 2.05) is 0 Å². The molecule has 2 heterocycles. The van der Waals surface area contributed by atoms with Crippen LogP contribution >= 0.6 is 15.9 Å². The minimum absolute atomic E-state index is 0.102. The summed E-state index contributed by atoms with van der Waals surface area (Å²) in [5.41, 5.74) is 0. The Morgan fingerprint density at radius 3 is 2.92 bits per heavy atom. The summed E-state index contributed by atoms with van der Waals surface area (Å²) < 4.78 is 11.7. The van der Waals surface area contributed by atoms with Crippen molar-refractivity contribution < 1.29 is 9.00 Å². The first-order chi connectivity index (χ1) is 5.70. The first-order valence-corrected chi connectivity index (χ1v) is 6.45. The van der Waals surface area contributed by atoms with Gasteiger partial charge in [-0.2, -0.15) is 0 Å². The van der Waals surface area contributed by atoms with Crippen LogP contribution < -0.4 is 0 Å². The molecule has 0 aromatic heterocycles. The summed E-state index contributed by atoms with van der Waals surface area (Å²) in [7, 11) is -0.754. The molecule has 0 amide bonds. The van der Waals surface area contributed by atoms with Crippen molar-refractivity contribution in [2.45, 2.75) is 41.0 Å². The molecule has 68 valence electrons. The van der Waals surface area contributed by atoms with Gasteiger partial charge in [0.05, 0.1) is 10.1 Å². The van der Waals surface area contributed by atoms with E-state index in [1.165, 1.54) is 0 Å². The van der Waals surface area contributed by atoms with Gasteiger partial charge in [0.25, 0.3) is 0 Å². The van der Waals surface area contributed by atoms with Crippen molar-refractivity contribution in [1.82, 2.24) is 0 Å². The van der Waals surface area contributed by atoms with E-state index in [4.69, 9.17) is 0 Å². The van der Waals surface area contributed by atoms with Gasteiger partial charge in [0, 0.05) is 22.5 Å². The van der Waals surface area contributed by atoms with Crippen LogP contribution in [0.1, 0.15) is 25.7 Å². The molecule has 4 atom stereocenters. The van der Waals surface area contributed by atoms with Crippen LogP contribution in [0, 0.1) is 0 Å². The molecule has 2 fully saturated rings. The van der Waals surface area contributed by atoms with Crippen LogP contribution in [0.4, 0.5) is 0 Å². The normalized spacial score (nSPS) is 47.6. The molecule has 0 saturated carbocycles. The van der Waals surface area contributed by atoms with Gasteiger partial charge < -0.3 is 0 Å². The quantitative estimate of drug-likeness (QED) is 0.610. The Kier molecular flexibility index (Phi) is 2.38. The highest BCUT2D eigenvalue weighted by Gasteiger charge is 2.43. The Morgan fingerprint density at radius 2 is 2.17 bits per heavy atom. The summed E-state index contributed by atoms with van der Waals surface area (Å²) in [4.78, 5) is 11.2. The van der Waals surface area contributed by atoms with E-state index in [2.05, 4.69) is 15.9 Å². The zero-order chi connectivity index (χ0) is 8.72. The summed E-state index contributed by atoms with van der Waals surface area (Å²) in [5.74, 6) is 0.254. The Hall–Kier alpha value is 0.300. The highest BCUT2D eigenvalue weighted by Crippen LogP contribution is 2.35. The fourth-order valence-corrected chi connectivity index (χ4v) is 5.12. The van der Waals surface area contributed by atoms with E-state index in [9.17, 15) is 9.00 Å². The number of rotatable bonds is 0. The van der Waals surface area contributed by atoms with Crippen molar-refractivity contribution in [1.29, 1.82) is 0 Å². The number of fused-ring (bicyclic) bond motifs is 2. The van der Waals surface area contributed by atoms with Gasteiger partial charge in [-0.25, -0.2) is 0 Å². The molecule has 4 unspecified atom stereocenters. The molecule has 0 N–H and O–H groups in total. The fraction of sp³-hybridized carbons (Fsp3) is 0.875. The summed E-state index contributed by atoms with van der Waals surface area (Å²) in [6, 6.07) is 0. The lowest BCUT2D eigenvalue weighted by molar-refractivity contribution is -0.119. The molecule has 0 aliphatic carbocycles. The second-order valence-corrected chi connectivity index (χ2v) is 6.41. The molecule has 2 bridgehead atoms. The number of alkyl halides is 1. The Bertz CT molecular complexity index is 241. The number of halogens is 1. The summed E-state index contributed by atoms with van der Waals surface area (Å²) in [5, 5.41) is 0.273. The van der Waals surface area contributed by atoms with Gasteiger partial charge in [-0.1, -0.05) is 22.4 Å². The zero-order valence-electron chi connectivity index (χ0n) is 6.66. The lowest BCUT2D eigenvalue weighted by Gasteiger charge is -2.35. The second-order valence-electron chi connectivity index (χ2n) is 3.49. The Balaban J connectivity index is 2.25. The third-order valence-corrected chi connectivity index (χ3v) is 6.37. The maximum atomic E-state index is 11.7. The molecular weight excluding hydrogens is 240 g/mol. The number of carbonyl (C=O) groups excluding carboxylic acids is 1. The van der Waals surface area contributed by atoms with E-state index in [0.717, 1.165) is 19.3 Å². The Labute approximate surface area is 82.7 Å². The van der Waals surface area contributed by atoms with Gasteiger partial charge in [-0.05, 0) is 12.8 Å². The molecule has 0 aromatic rings. The third-order valence-electron chi connectivity index (χ3n) is 2.70. The van der Waals surface area contributed by atoms with Gasteiger partial charge in [-0.3, -0.25) is 9.00 Å². The van der Waals surface area contributed by atoms with Crippen LogP contribution in [-0.2, 0) is 15.6 Å². The Morgan fingerprint density at radius 1 is 1.42 bits per heavy atom. The lowest BCUT2D eigenvalue weighted by Crippen LogP contribution is -2.47. The van der Waals surface area contributed by atoms with Crippen LogP contribution in [0.5, 0.6) is 0 Å². The zero-order valence-corrected chi connectivity index (χ0v) is 9.07. The van der Waals surface area contributed by atoms with E-state index < -0.39 is 10.8 Å². The highest BCUT2D eigenvalue weighted by molar-refractivity contribution is 9.10. The molecule has 12 heavy (non-hydrogen) atoms. The van der Waals surface area contributed by atoms with E-state index in [1.54, 1.807) is 0 Å². The third kappa shape index (κ3) is 1.29. The average molecular weight is 251 g/mol. The largest absolute Gasteiger partial charge is 0.298 e. The molecule has 0 radical (unpaired) electrons. The van der Waals surface area contributed by atoms with Gasteiger partial charge in [0.2, 0.25) is 0 Å². The molecule has 0 aromatic carbocycles. The van der Waals surface area contributed by atoms with Crippen LogP contribution in [0.15, 0.2) is 0 Å². The van der Waals surface area contributed by atoms with Gasteiger partial charge in [-0.15, -0.1) is 0 Å². The predicted octanol–water partition coefficient (Wildman–Crippen LogP) is 1.39. The number of Topliss-reactive ketones (excluding diaryl/α,β-unsaturated/α-hetero) is 1. The van der Waals surface area contributed by atoms with Crippen molar-refractivity contribution in [2.24, 2.45) is 0 Å². The predicted molar refractivity (Wildman–Crippen MR) is 51.9 cm³/mol. The fourth-order valence-electron chi connectivity index (χ4n) is 2.02. The van der Waals surface area contributed by atoms with Crippen molar-refractivity contribution in [3.63, 3.8) is 0 Å². The first-order valence-electron chi connectivity index (χ1n) is 4.26. The molecule has 2 aliphatic rings. The van der Waals surface area contributed by atoms with Gasteiger partial charge in [0.1, 0.15) is 5.78 Å². The summed E-state index contributed by atoms with van der Waals surface area (Å²) in [6.07, 6.45) is 3.59. The average Bonchev–Trinajstić information content (AvgIpc) is 2.04. The van der Waals surface area contributed by atoms with Gasteiger partial charge in [0.15, 0.2) is 0 Å². The molecule has 2 rings (SSSR count). The number of ketones is 1. The number of hydrogen-bond donors (Lipinski definition) is 0. The molecular formula is C8H11BrO2S. The van der Waals surface area contributed by atoms with Gasteiger partial charge >= 0.3 is 0 Å². The number of hydrogen-bond acceptors (Lipinski definition) is 2.